The fourth-order valence-electron chi connectivity index (χ4n) is 2.65. The molecule has 3 aromatic carbocycles. The summed E-state index contributed by atoms with van der Waals surface area (Å²) in [6.07, 6.45) is 0. The van der Waals surface area contributed by atoms with E-state index >= 15 is 0 Å². The topological polar surface area (TPSA) is 115 Å². The van der Waals surface area contributed by atoms with Gasteiger partial charge in [0.1, 0.15) is 0 Å². The Bertz CT molecular complexity index is 939. The number of anilines is 4. The highest BCUT2D eigenvalue weighted by Gasteiger charge is 2.21. The van der Waals surface area contributed by atoms with Crippen molar-refractivity contribution >= 4 is 34.6 Å². The van der Waals surface area contributed by atoms with Crippen molar-refractivity contribution in [1.82, 2.24) is 0 Å². The van der Waals surface area contributed by atoms with Gasteiger partial charge in [0.05, 0.1) is 11.4 Å². The second-order valence-corrected chi connectivity index (χ2v) is 5.78. The average molecular weight is 346 g/mol. The molecule has 0 aromatic heterocycles. The number of nitrogens with two attached hydrogens (primary N) is 3. The Hall–Kier alpha value is -3.80. The normalized spacial score (nSPS) is 10.3. The van der Waals surface area contributed by atoms with Crippen LogP contribution in [-0.4, -0.2) is 11.8 Å². The lowest BCUT2D eigenvalue weighted by molar-refractivity contribution is 0.0998. The van der Waals surface area contributed by atoms with E-state index in [1.165, 1.54) is 11.0 Å². The number of primary amides is 1. The van der Waals surface area contributed by atoms with Crippen LogP contribution < -0.4 is 22.1 Å². The molecular weight excluding hydrogens is 328 g/mol. The predicted octanol–water partition coefficient (Wildman–Crippen LogP) is 2.93. The van der Waals surface area contributed by atoms with E-state index in [-0.39, 0.29) is 11.5 Å². The highest BCUT2D eigenvalue weighted by molar-refractivity contribution is 6.12. The molecule has 26 heavy (non-hydrogen) atoms. The summed E-state index contributed by atoms with van der Waals surface area (Å²) in [5.41, 5.74) is 19.9. The largest absolute Gasteiger partial charge is 0.399 e. The number of carbonyl (C=O) groups excluding carboxylic acids is 2. The van der Waals surface area contributed by atoms with Gasteiger partial charge in [-0.05, 0) is 54.6 Å². The Kier molecular flexibility index (Phi) is 4.57. The van der Waals surface area contributed by atoms with Gasteiger partial charge in [-0.25, -0.2) is 0 Å². The maximum Gasteiger partial charge on any atom is 0.262 e. The second-order valence-electron chi connectivity index (χ2n) is 5.78. The van der Waals surface area contributed by atoms with Crippen LogP contribution in [0, 0.1) is 0 Å². The Morgan fingerprint density at radius 3 is 1.69 bits per heavy atom. The molecule has 0 aliphatic rings. The van der Waals surface area contributed by atoms with Gasteiger partial charge < -0.3 is 17.2 Å². The van der Waals surface area contributed by atoms with Gasteiger partial charge in [0.25, 0.3) is 5.91 Å². The number of nitrogen functional groups attached to an aromatic ring is 2. The molecule has 6 N–H and O–H groups in total. The van der Waals surface area contributed by atoms with E-state index < -0.39 is 5.91 Å². The van der Waals surface area contributed by atoms with Crippen molar-refractivity contribution in [2.24, 2.45) is 5.73 Å². The summed E-state index contributed by atoms with van der Waals surface area (Å²) in [6.45, 7) is 0. The molecule has 0 fully saturated rings. The quantitative estimate of drug-likeness (QED) is 0.630. The fraction of sp³-hybridized carbons (Fsp3) is 0. The van der Waals surface area contributed by atoms with E-state index in [2.05, 4.69) is 0 Å². The summed E-state index contributed by atoms with van der Waals surface area (Å²) < 4.78 is 0. The molecule has 0 saturated heterocycles. The lowest BCUT2D eigenvalue weighted by Crippen LogP contribution is -2.26. The minimum absolute atomic E-state index is 0.260. The Morgan fingerprint density at radius 2 is 1.19 bits per heavy atom. The van der Waals surface area contributed by atoms with Crippen molar-refractivity contribution in [2.45, 2.75) is 0 Å². The summed E-state index contributed by atoms with van der Waals surface area (Å²) in [4.78, 5) is 26.2. The molecule has 3 rings (SSSR count). The number of rotatable bonds is 4. The molecule has 130 valence electrons. The van der Waals surface area contributed by atoms with Gasteiger partial charge in [-0.3, -0.25) is 14.5 Å². The zero-order valence-corrected chi connectivity index (χ0v) is 13.9. The maximum absolute atomic E-state index is 13.2. The lowest BCUT2D eigenvalue weighted by atomic mass is 10.1. The van der Waals surface area contributed by atoms with Gasteiger partial charge in [0.2, 0.25) is 5.91 Å². The first-order chi connectivity index (χ1) is 12.5. The van der Waals surface area contributed by atoms with Gasteiger partial charge in [0, 0.05) is 22.5 Å². The summed E-state index contributed by atoms with van der Waals surface area (Å²) in [5.74, 6) is -0.927. The fourth-order valence-corrected chi connectivity index (χ4v) is 2.65. The molecule has 0 saturated carbocycles. The monoisotopic (exact) mass is 346 g/mol. The van der Waals surface area contributed by atoms with Gasteiger partial charge >= 0.3 is 0 Å². The zero-order chi connectivity index (χ0) is 18.7. The van der Waals surface area contributed by atoms with E-state index in [9.17, 15) is 9.59 Å². The van der Waals surface area contributed by atoms with E-state index in [1.54, 1.807) is 66.7 Å². The summed E-state index contributed by atoms with van der Waals surface area (Å²) in [6, 6.07) is 20.2. The molecule has 3 aromatic rings. The molecule has 6 nitrogen and oxygen atoms in total. The number of hydrogen-bond acceptors (Lipinski definition) is 4. The highest BCUT2D eigenvalue weighted by atomic mass is 16.2. The predicted molar refractivity (Wildman–Crippen MR) is 103 cm³/mol. The van der Waals surface area contributed by atoms with Gasteiger partial charge in [-0.15, -0.1) is 0 Å². The summed E-state index contributed by atoms with van der Waals surface area (Å²) >= 11 is 0. The summed E-state index contributed by atoms with van der Waals surface area (Å²) in [7, 11) is 0. The first kappa shape index (κ1) is 17.0. The third-order valence-electron chi connectivity index (χ3n) is 3.85. The number of hydrogen-bond donors (Lipinski definition) is 3. The third-order valence-corrected chi connectivity index (χ3v) is 3.85. The van der Waals surface area contributed by atoms with Crippen LogP contribution in [0.4, 0.5) is 22.7 Å². The van der Waals surface area contributed by atoms with E-state index in [0.717, 1.165) is 0 Å². The van der Waals surface area contributed by atoms with Crippen molar-refractivity contribution in [3.05, 3.63) is 83.9 Å². The Morgan fingerprint density at radius 1 is 0.692 bits per heavy atom. The Labute approximate surface area is 150 Å². The van der Waals surface area contributed by atoms with Crippen LogP contribution in [0.15, 0.2) is 72.8 Å². The molecule has 0 spiro atoms. The first-order valence-corrected chi connectivity index (χ1v) is 7.91. The van der Waals surface area contributed by atoms with Crippen LogP contribution in [-0.2, 0) is 0 Å². The van der Waals surface area contributed by atoms with E-state index in [0.29, 0.717) is 28.3 Å². The van der Waals surface area contributed by atoms with Crippen molar-refractivity contribution in [2.75, 3.05) is 16.4 Å². The Balaban J connectivity index is 2.13. The molecule has 0 unspecified atom stereocenters. The van der Waals surface area contributed by atoms with Crippen LogP contribution >= 0.6 is 0 Å². The molecular formula is C20H18N4O2. The van der Waals surface area contributed by atoms with Gasteiger partial charge in [-0.1, -0.05) is 18.2 Å². The highest BCUT2D eigenvalue weighted by Crippen LogP contribution is 2.30. The number of nitrogens with zero attached hydrogens (tertiary/aromatic N) is 1. The van der Waals surface area contributed by atoms with Crippen molar-refractivity contribution < 1.29 is 9.59 Å². The third kappa shape index (κ3) is 3.49. The molecule has 0 aliphatic carbocycles. The number of carbonyl (C=O) groups is 2. The minimum atomic E-state index is -0.598. The van der Waals surface area contributed by atoms with Crippen LogP contribution in [0.3, 0.4) is 0 Å². The van der Waals surface area contributed by atoms with Crippen molar-refractivity contribution in [3.8, 4) is 0 Å². The standard InChI is InChI=1S/C20H18N4O2/c21-15-6-2-8-17(11-15)24(18-9-3-7-16(22)12-18)20(26)14-5-1-4-13(10-14)19(23)25/h1-12H,21-22H2,(H2,23,25). The van der Waals surface area contributed by atoms with Crippen LogP contribution in [0.5, 0.6) is 0 Å². The van der Waals surface area contributed by atoms with Crippen LogP contribution in [0.2, 0.25) is 0 Å². The number of amides is 2. The van der Waals surface area contributed by atoms with Crippen LogP contribution in [0.25, 0.3) is 0 Å². The average Bonchev–Trinajstić information content (AvgIpc) is 2.62. The van der Waals surface area contributed by atoms with Crippen molar-refractivity contribution in [3.63, 3.8) is 0 Å². The molecule has 0 heterocycles. The molecule has 0 atom stereocenters. The number of benzene rings is 3. The minimum Gasteiger partial charge on any atom is -0.399 e. The molecule has 2 amide bonds. The van der Waals surface area contributed by atoms with E-state index in [1.807, 2.05) is 0 Å². The van der Waals surface area contributed by atoms with Gasteiger partial charge in [-0.2, -0.15) is 0 Å². The van der Waals surface area contributed by atoms with Crippen LogP contribution in [0.1, 0.15) is 20.7 Å². The van der Waals surface area contributed by atoms with Crippen molar-refractivity contribution in [1.29, 1.82) is 0 Å². The molecule has 0 radical (unpaired) electrons. The molecule has 6 heteroatoms. The van der Waals surface area contributed by atoms with Gasteiger partial charge in [0.15, 0.2) is 0 Å². The maximum atomic E-state index is 13.2. The molecule has 0 bridgehead atoms. The smallest absolute Gasteiger partial charge is 0.262 e. The summed E-state index contributed by atoms with van der Waals surface area (Å²) in [5, 5.41) is 0. The first-order valence-electron chi connectivity index (χ1n) is 7.91. The van der Waals surface area contributed by atoms with E-state index in [4.69, 9.17) is 17.2 Å². The zero-order valence-electron chi connectivity index (χ0n) is 13.9. The SMILES string of the molecule is NC(=O)c1cccc(C(=O)N(c2cccc(N)c2)c2cccc(N)c2)c1. The second kappa shape index (κ2) is 6.98. The molecule has 0 aliphatic heterocycles. The lowest BCUT2D eigenvalue weighted by Gasteiger charge is -2.24.